The molecule has 0 bridgehead atoms. The highest BCUT2D eigenvalue weighted by atomic mass is 16.4. The van der Waals surface area contributed by atoms with Crippen LogP contribution in [0.3, 0.4) is 0 Å². The summed E-state index contributed by atoms with van der Waals surface area (Å²) in [6.07, 6.45) is 0.693. The molecule has 0 aliphatic carbocycles. The minimum atomic E-state index is -1.01. The van der Waals surface area contributed by atoms with Crippen molar-refractivity contribution in [2.45, 2.75) is 19.0 Å². The molecule has 6 heteroatoms. The van der Waals surface area contributed by atoms with E-state index in [-0.39, 0.29) is 18.1 Å². The molecule has 0 fully saturated rings. The van der Waals surface area contributed by atoms with Gasteiger partial charge in [0.1, 0.15) is 6.04 Å². The van der Waals surface area contributed by atoms with Gasteiger partial charge < -0.3 is 20.4 Å². The summed E-state index contributed by atoms with van der Waals surface area (Å²) >= 11 is 0. The molecule has 1 aliphatic heterocycles. The van der Waals surface area contributed by atoms with Gasteiger partial charge in [0.15, 0.2) is 0 Å². The number of hydrogen-bond acceptors (Lipinski definition) is 4. The van der Waals surface area contributed by atoms with E-state index >= 15 is 0 Å². The van der Waals surface area contributed by atoms with Crippen molar-refractivity contribution in [3.63, 3.8) is 0 Å². The fourth-order valence-corrected chi connectivity index (χ4v) is 2.97. The smallest absolute Gasteiger partial charge is 0.335 e. The number of carbonyl (C=O) groups excluding carboxylic acids is 1. The summed E-state index contributed by atoms with van der Waals surface area (Å²) < 4.78 is 0. The highest BCUT2D eigenvalue weighted by Gasteiger charge is 2.28. The summed E-state index contributed by atoms with van der Waals surface area (Å²) in [4.78, 5) is 25.5. The number of nitrogens with one attached hydrogen (secondary N) is 1. The lowest BCUT2D eigenvalue weighted by atomic mass is 10.1. The molecule has 0 spiro atoms. The Kier molecular flexibility index (Phi) is 5.00. The molecular formula is C19H20N2O4. The third kappa shape index (κ3) is 3.80. The first-order valence-corrected chi connectivity index (χ1v) is 8.15. The summed E-state index contributed by atoms with van der Waals surface area (Å²) in [5.41, 5.74) is 2.71. The van der Waals surface area contributed by atoms with Crippen LogP contribution in [0.4, 0.5) is 5.69 Å². The molecule has 0 saturated carbocycles. The molecule has 2 aromatic rings. The number of anilines is 1. The van der Waals surface area contributed by atoms with Crippen LogP contribution >= 0.6 is 0 Å². The van der Waals surface area contributed by atoms with E-state index in [2.05, 4.69) is 5.32 Å². The Morgan fingerprint density at radius 1 is 1.20 bits per heavy atom. The first-order chi connectivity index (χ1) is 12.1. The number of hydrogen-bond donors (Lipinski definition) is 3. The first-order valence-electron chi connectivity index (χ1n) is 8.15. The van der Waals surface area contributed by atoms with Crippen molar-refractivity contribution < 1.29 is 19.8 Å². The van der Waals surface area contributed by atoms with Gasteiger partial charge in [-0.25, -0.2) is 4.79 Å². The monoisotopic (exact) mass is 340 g/mol. The number of rotatable bonds is 5. The van der Waals surface area contributed by atoms with E-state index in [1.165, 1.54) is 6.07 Å². The Bertz CT molecular complexity index is 776. The highest BCUT2D eigenvalue weighted by molar-refractivity contribution is 5.90. The maximum Gasteiger partial charge on any atom is 0.335 e. The van der Waals surface area contributed by atoms with Crippen LogP contribution in [0.15, 0.2) is 48.5 Å². The van der Waals surface area contributed by atoms with Gasteiger partial charge in [-0.2, -0.15) is 0 Å². The number of fused-ring (bicyclic) bond motifs is 1. The summed E-state index contributed by atoms with van der Waals surface area (Å²) in [6.45, 7) is 0.490. The number of nitrogens with zero attached hydrogens (tertiary/aromatic N) is 1. The van der Waals surface area contributed by atoms with E-state index in [1.54, 1.807) is 17.0 Å². The fourth-order valence-electron chi connectivity index (χ4n) is 2.97. The third-order valence-corrected chi connectivity index (χ3v) is 4.35. The molecule has 0 saturated heterocycles. The highest BCUT2D eigenvalue weighted by Crippen LogP contribution is 2.24. The van der Waals surface area contributed by atoms with Crippen LogP contribution in [0.5, 0.6) is 0 Å². The molecule has 3 rings (SSSR count). The van der Waals surface area contributed by atoms with E-state index in [0.29, 0.717) is 25.2 Å². The summed E-state index contributed by atoms with van der Waals surface area (Å²) in [5.74, 6) is -1.19. The van der Waals surface area contributed by atoms with Crippen LogP contribution < -0.4 is 5.32 Å². The summed E-state index contributed by atoms with van der Waals surface area (Å²) in [6, 6.07) is 13.8. The number of aliphatic hydroxyl groups is 1. The lowest BCUT2D eigenvalue weighted by Gasteiger charge is -2.23. The number of carboxylic acids is 1. The number of carbonyl (C=O) groups is 2. The molecule has 0 aromatic heterocycles. The second kappa shape index (κ2) is 7.36. The zero-order valence-corrected chi connectivity index (χ0v) is 13.7. The molecule has 1 amide bonds. The van der Waals surface area contributed by atoms with E-state index in [1.807, 2.05) is 30.3 Å². The zero-order chi connectivity index (χ0) is 17.8. The zero-order valence-electron chi connectivity index (χ0n) is 13.7. The first kappa shape index (κ1) is 17.0. The van der Waals surface area contributed by atoms with Gasteiger partial charge in [-0.3, -0.25) is 4.79 Å². The number of benzene rings is 2. The van der Waals surface area contributed by atoms with Crippen molar-refractivity contribution in [3.05, 3.63) is 65.2 Å². The van der Waals surface area contributed by atoms with Crippen molar-refractivity contribution in [3.8, 4) is 0 Å². The second-order valence-corrected chi connectivity index (χ2v) is 6.05. The van der Waals surface area contributed by atoms with Crippen LogP contribution in [0.2, 0.25) is 0 Å². The molecule has 6 nitrogen and oxygen atoms in total. The Labute approximate surface area is 145 Å². The number of carboxylic acid groups (broad SMARTS) is 1. The maximum atomic E-state index is 12.7. The van der Waals surface area contributed by atoms with Crippen molar-refractivity contribution in [2.75, 3.05) is 18.5 Å². The van der Waals surface area contributed by atoms with Crippen molar-refractivity contribution >= 4 is 17.6 Å². The van der Waals surface area contributed by atoms with Gasteiger partial charge in [0, 0.05) is 18.8 Å². The Morgan fingerprint density at radius 3 is 2.64 bits per heavy atom. The predicted molar refractivity (Wildman–Crippen MR) is 93.5 cm³/mol. The molecule has 0 unspecified atom stereocenters. The van der Waals surface area contributed by atoms with Crippen molar-refractivity contribution in [2.24, 2.45) is 0 Å². The Hall–Kier alpha value is -2.86. The molecule has 1 heterocycles. The average Bonchev–Trinajstić information content (AvgIpc) is 2.76. The molecule has 0 radical (unpaired) electrons. The second-order valence-electron chi connectivity index (χ2n) is 6.05. The van der Waals surface area contributed by atoms with Crippen LogP contribution in [-0.2, 0) is 17.8 Å². The van der Waals surface area contributed by atoms with E-state index in [4.69, 9.17) is 0 Å². The van der Waals surface area contributed by atoms with Gasteiger partial charge in [-0.1, -0.05) is 30.3 Å². The minimum Gasteiger partial charge on any atom is -0.478 e. The SMILES string of the molecule is O=C(O)c1ccc2c(c1)CN(CCc1ccccc1)C(=O)[C@@H](CO)N2. The Morgan fingerprint density at radius 2 is 1.96 bits per heavy atom. The molecule has 1 atom stereocenters. The topological polar surface area (TPSA) is 89.9 Å². The number of aliphatic hydroxyl groups excluding tert-OH is 1. The number of amides is 1. The minimum absolute atomic E-state index is 0.179. The van der Waals surface area contributed by atoms with Gasteiger partial charge in [0.2, 0.25) is 5.91 Å². The van der Waals surface area contributed by atoms with Gasteiger partial charge in [0.25, 0.3) is 0 Å². The van der Waals surface area contributed by atoms with E-state index in [9.17, 15) is 19.8 Å². The molecule has 2 aromatic carbocycles. The molecular weight excluding hydrogens is 320 g/mol. The van der Waals surface area contributed by atoms with Crippen molar-refractivity contribution in [1.82, 2.24) is 4.90 Å². The molecule has 3 N–H and O–H groups in total. The summed E-state index contributed by atoms with van der Waals surface area (Å²) in [7, 11) is 0. The third-order valence-electron chi connectivity index (χ3n) is 4.35. The van der Waals surface area contributed by atoms with E-state index < -0.39 is 12.0 Å². The van der Waals surface area contributed by atoms with Crippen LogP contribution in [0.1, 0.15) is 21.5 Å². The van der Waals surface area contributed by atoms with Crippen LogP contribution in [0.25, 0.3) is 0 Å². The van der Waals surface area contributed by atoms with Gasteiger partial charge >= 0.3 is 5.97 Å². The predicted octanol–water partition coefficient (Wildman–Crippen LogP) is 1.74. The standard InChI is InChI=1S/C19H20N2O4/c22-12-17-18(23)21(9-8-13-4-2-1-3-5-13)11-15-10-14(19(24)25)6-7-16(15)20-17/h1-7,10,17,20,22H,8-9,11-12H2,(H,24,25)/t17-/m1/s1. The maximum absolute atomic E-state index is 12.7. The van der Waals surface area contributed by atoms with Crippen LogP contribution in [-0.4, -0.2) is 46.2 Å². The molecule has 130 valence electrons. The molecule has 25 heavy (non-hydrogen) atoms. The van der Waals surface area contributed by atoms with Gasteiger partial charge in [-0.15, -0.1) is 0 Å². The Balaban J connectivity index is 1.85. The number of aromatic carboxylic acids is 1. The normalized spacial score (nSPS) is 16.8. The largest absolute Gasteiger partial charge is 0.478 e. The van der Waals surface area contributed by atoms with E-state index in [0.717, 1.165) is 11.1 Å². The quantitative estimate of drug-likeness (QED) is 0.771. The summed E-state index contributed by atoms with van der Waals surface area (Å²) in [5, 5.41) is 21.8. The van der Waals surface area contributed by atoms with Gasteiger partial charge in [-0.05, 0) is 35.7 Å². The lowest BCUT2D eigenvalue weighted by Crippen LogP contribution is -2.43. The van der Waals surface area contributed by atoms with Crippen LogP contribution in [0, 0.1) is 0 Å². The lowest BCUT2D eigenvalue weighted by molar-refractivity contribution is -0.133. The van der Waals surface area contributed by atoms with Crippen molar-refractivity contribution in [1.29, 1.82) is 0 Å². The van der Waals surface area contributed by atoms with Gasteiger partial charge in [0.05, 0.1) is 12.2 Å². The fraction of sp³-hybridized carbons (Fsp3) is 0.263. The molecule has 1 aliphatic rings. The average molecular weight is 340 g/mol.